The molecule has 0 aliphatic rings. The van der Waals surface area contributed by atoms with Gasteiger partial charge in [-0.2, -0.15) is 0 Å². The van der Waals surface area contributed by atoms with Gasteiger partial charge in [-0.15, -0.1) is 0 Å². The smallest absolute Gasteiger partial charge is 0.0562 e. The Morgan fingerprint density at radius 2 is 0.306 bits per heavy atom. The molecule has 0 heterocycles. The van der Waals surface area contributed by atoms with E-state index in [1.54, 1.807) is 0 Å². The van der Waals surface area contributed by atoms with Crippen molar-refractivity contribution in [3.05, 3.63) is 196 Å². The molecule has 0 radical (unpaired) electrons. The second-order valence-electron chi connectivity index (χ2n) is 26.7. The summed E-state index contributed by atoms with van der Waals surface area (Å²) in [5, 5.41) is 0. The Labute approximate surface area is 437 Å². The lowest BCUT2D eigenvalue weighted by Gasteiger charge is -2.39. The van der Waals surface area contributed by atoms with Gasteiger partial charge in [0.25, 0.3) is 0 Å². The van der Waals surface area contributed by atoms with Crippen LogP contribution in [0.5, 0.6) is 0 Å². The Balaban J connectivity index is 1.67. The average Bonchev–Trinajstić information content (AvgIpc) is 3.29. The summed E-state index contributed by atoms with van der Waals surface area (Å²) in [6.07, 6.45) is 0. The predicted molar refractivity (Wildman–Crippen MR) is 317 cm³/mol. The van der Waals surface area contributed by atoms with Crippen LogP contribution in [0.25, 0.3) is 0 Å². The SMILES string of the molecule is Cc1c(N(c2ccc(C(C)(C)C)cc2)c2ccc(C(C)(C)C)cc2)c(C)c(N(c2ccc(C(C)(C)C)cc2)c2ccc(C(C)(C)C)cc2)c(C)c1N(c1ccc(C(C)(C)C)cc1)c1ccc(C(C)(C)C)cc1. The van der Waals surface area contributed by atoms with Gasteiger partial charge < -0.3 is 14.7 Å². The fraction of sp³-hybridized carbons (Fsp3) is 0.391. The summed E-state index contributed by atoms with van der Waals surface area (Å²) in [7, 11) is 0. The van der Waals surface area contributed by atoms with E-state index in [0.717, 1.165) is 51.2 Å². The zero-order chi connectivity index (χ0) is 53.1. The van der Waals surface area contributed by atoms with Crippen LogP contribution < -0.4 is 14.7 Å². The first-order chi connectivity index (χ1) is 33.3. The fourth-order valence-electron chi connectivity index (χ4n) is 10.1. The number of hydrogen-bond acceptors (Lipinski definition) is 3. The zero-order valence-electron chi connectivity index (χ0n) is 48.2. The third kappa shape index (κ3) is 11.3. The molecule has 0 atom stereocenters. The van der Waals surface area contributed by atoms with Gasteiger partial charge in [-0.1, -0.05) is 197 Å². The summed E-state index contributed by atoms with van der Waals surface area (Å²) in [5.74, 6) is 0. The van der Waals surface area contributed by atoms with Crippen molar-refractivity contribution >= 4 is 51.2 Å². The van der Waals surface area contributed by atoms with Crippen molar-refractivity contribution in [2.75, 3.05) is 14.7 Å². The second kappa shape index (κ2) is 19.4. The average molecular weight is 958 g/mol. The van der Waals surface area contributed by atoms with Gasteiger partial charge in [0.05, 0.1) is 17.1 Å². The van der Waals surface area contributed by atoms with E-state index in [-0.39, 0.29) is 32.5 Å². The fourth-order valence-corrected chi connectivity index (χ4v) is 10.1. The molecule has 0 aliphatic carbocycles. The van der Waals surface area contributed by atoms with E-state index in [0.29, 0.717) is 0 Å². The van der Waals surface area contributed by atoms with Gasteiger partial charge in [0.1, 0.15) is 0 Å². The molecule has 3 heteroatoms. The minimum Gasteiger partial charge on any atom is -0.310 e. The molecule has 0 spiro atoms. The maximum absolute atomic E-state index is 2.53. The number of nitrogens with zero attached hydrogens (tertiary/aromatic N) is 3. The zero-order valence-corrected chi connectivity index (χ0v) is 48.2. The van der Waals surface area contributed by atoms with Gasteiger partial charge in [-0.05, 0) is 176 Å². The Hall–Kier alpha value is -6.06. The molecular formula is C69H87N3. The molecule has 72 heavy (non-hydrogen) atoms. The molecule has 7 aromatic rings. The van der Waals surface area contributed by atoms with Crippen molar-refractivity contribution in [2.45, 2.75) is 178 Å². The summed E-state index contributed by atoms with van der Waals surface area (Å²) < 4.78 is 0. The topological polar surface area (TPSA) is 9.72 Å². The summed E-state index contributed by atoms with van der Waals surface area (Å²) in [6.45, 7) is 48.4. The highest BCUT2D eigenvalue weighted by molar-refractivity contribution is 5.97. The largest absolute Gasteiger partial charge is 0.310 e. The van der Waals surface area contributed by atoms with Crippen molar-refractivity contribution in [3.63, 3.8) is 0 Å². The molecule has 7 aromatic carbocycles. The minimum atomic E-state index is 0.00487. The van der Waals surface area contributed by atoms with Crippen LogP contribution in [-0.4, -0.2) is 0 Å². The van der Waals surface area contributed by atoms with Crippen molar-refractivity contribution in [1.82, 2.24) is 0 Å². The molecule has 0 fully saturated rings. The highest BCUT2D eigenvalue weighted by atomic mass is 15.2. The van der Waals surface area contributed by atoms with E-state index < -0.39 is 0 Å². The van der Waals surface area contributed by atoms with Crippen molar-refractivity contribution in [2.24, 2.45) is 0 Å². The quantitative estimate of drug-likeness (QED) is 0.143. The van der Waals surface area contributed by atoms with Crippen LogP contribution in [0, 0.1) is 20.8 Å². The summed E-state index contributed by atoms with van der Waals surface area (Å²) in [6, 6.07) is 55.9. The van der Waals surface area contributed by atoms with Crippen molar-refractivity contribution in [3.8, 4) is 0 Å². The molecular weight excluding hydrogens is 871 g/mol. The summed E-state index contributed by atoms with van der Waals surface area (Å²) >= 11 is 0. The molecule has 3 nitrogen and oxygen atoms in total. The standard InChI is InChI=1S/C69H87N3/c1-46-61(70(55-34-22-49(23-35-55)64(4,5)6)56-36-24-50(25-37-56)65(7,8)9)47(2)63(72(59-42-30-53(31-43-59)68(16,17)18)60-44-32-54(33-45-60)69(19,20)21)48(3)62(46)71(57-38-26-51(27-39-57)66(10,11)12)58-40-28-52(29-41-58)67(13,14)15/h22-45H,1-21H3. The third-order valence-electron chi connectivity index (χ3n) is 14.8. The monoisotopic (exact) mass is 958 g/mol. The third-order valence-corrected chi connectivity index (χ3v) is 14.8. The molecule has 0 bridgehead atoms. The normalized spacial score (nSPS) is 12.8. The van der Waals surface area contributed by atoms with Crippen LogP contribution in [0.15, 0.2) is 146 Å². The van der Waals surface area contributed by atoms with E-state index in [2.05, 4.69) is 306 Å². The second-order valence-corrected chi connectivity index (χ2v) is 26.7. The molecule has 0 N–H and O–H groups in total. The lowest BCUT2D eigenvalue weighted by atomic mass is 9.86. The predicted octanol–water partition coefficient (Wildman–Crippen LogP) is 20.8. The van der Waals surface area contributed by atoms with Crippen LogP contribution >= 0.6 is 0 Å². The van der Waals surface area contributed by atoms with Gasteiger partial charge in [0.15, 0.2) is 0 Å². The molecule has 0 unspecified atom stereocenters. The Kier molecular flexibility index (Phi) is 14.5. The molecule has 0 saturated carbocycles. The van der Waals surface area contributed by atoms with Gasteiger partial charge >= 0.3 is 0 Å². The van der Waals surface area contributed by atoms with E-state index in [9.17, 15) is 0 Å². The summed E-state index contributed by atoms with van der Waals surface area (Å²) in [5.41, 5.74) is 21.6. The first-order valence-electron chi connectivity index (χ1n) is 26.4. The first kappa shape index (κ1) is 53.7. The van der Waals surface area contributed by atoms with E-state index in [4.69, 9.17) is 0 Å². The van der Waals surface area contributed by atoms with E-state index in [1.165, 1.54) is 50.1 Å². The lowest BCUT2D eigenvalue weighted by molar-refractivity contribution is 0.590. The van der Waals surface area contributed by atoms with Crippen LogP contribution in [0.1, 0.15) is 175 Å². The van der Waals surface area contributed by atoms with Gasteiger partial charge in [0.2, 0.25) is 0 Å². The maximum atomic E-state index is 2.53. The highest BCUT2D eigenvalue weighted by Crippen LogP contribution is 2.54. The number of benzene rings is 7. The van der Waals surface area contributed by atoms with Crippen LogP contribution in [0.3, 0.4) is 0 Å². The highest BCUT2D eigenvalue weighted by Gasteiger charge is 2.32. The maximum Gasteiger partial charge on any atom is 0.0562 e. The Morgan fingerprint density at radius 1 is 0.194 bits per heavy atom. The molecule has 0 amide bonds. The minimum absolute atomic E-state index is 0.00487. The van der Waals surface area contributed by atoms with Crippen molar-refractivity contribution in [1.29, 1.82) is 0 Å². The van der Waals surface area contributed by atoms with Gasteiger partial charge in [-0.25, -0.2) is 0 Å². The lowest BCUT2D eigenvalue weighted by Crippen LogP contribution is -2.22. The molecule has 0 saturated heterocycles. The van der Waals surface area contributed by atoms with Crippen LogP contribution in [0.2, 0.25) is 0 Å². The number of anilines is 9. The number of rotatable bonds is 9. The first-order valence-corrected chi connectivity index (χ1v) is 26.4. The molecule has 0 aliphatic heterocycles. The molecule has 7 rings (SSSR count). The van der Waals surface area contributed by atoms with Crippen LogP contribution in [0.4, 0.5) is 51.2 Å². The van der Waals surface area contributed by atoms with Gasteiger partial charge in [0, 0.05) is 34.1 Å². The molecule has 378 valence electrons. The van der Waals surface area contributed by atoms with Crippen molar-refractivity contribution < 1.29 is 0 Å². The Bertz CT molecular complexity index is 2440. The van der Waals surface area contributed by atoms with E-state index in [1.807, 2.05) is 0 Å². The Morgan fingerprint density at radius 3 is 0.403 bits per heavy atom. The number of hydrogen-bond donors (Lipinski definition) is 0. The van der Waals surface area contributed by atoms with E-state index >= 15 is 0 Å². The summed E-state index contributed by atoms with van der Waals surface area (Å²) in [4.78, 5) is 7.59. The molecule has 0 aromatic heterocycles. The van der Waals surface area contributed by atoms with Gasteiger partial charge in [-0.3, -0.25) is 0 Å². The van der Waals surface area contributed by atoms with Crippen LogP contribution in [-0.2, 0) is 32.5 Å².